The first kappa shape index (κ1) is 39.0. The molecule has 2 aliphatic rings. The number of hydrogen-bond donors (Lipinski definition) is 2. The maximum absolute atomic E-state index is 15.5. The number of carbonyl (C=O) groups is 2. The van der Waals surface area contributed by atoms with Crippen LogP contribution in [-0.2, 0) is 27.0 Å². The first-order chi connectivity index (χ1) is 24.5. The third-order valence-corrected chi connectivity index (χ3v) is 9.49. The molecule has 5 rings (SSSR count). The zero-order valence-corrected chi connectivity index (χ0v) is 30.1. The summed E-state index contributed by atoms with van der Waals surface area (Å²) in [6, 6.07) is 7.38. The van der Waals surface area contributed by atoms with E-state index in [1.165, 1.54) is 42.1 Å². The van der Waals surface area contributed by atoms with Crippen LogP contribution < -0.4 is 10.1 Å². The molecule has 0 aliphatic carbocycles. The Hall–Kier alpha value is -4.25. The van der Waals surface area contributed by atoms with E-state index < -0.39 is 64.5 Å². The van der Waals surface area contributed by atoms with Gasteiger partial charge in [0.1, 0.15) is 17.9 Å². The zero-order valence-electron chi connectivity index (χ0n) is 29.3. The van der Waals surface area contributed by atoms with Crippen molar-refractivity contribution in [3.63, 3.8) is 0 Å². The second kappa shape index (κ2) is 15.8. The second-order valence-electron chi connectivity index (χ2n) is 13.4. The summed E-state index contributed by atoms with van der Waals surface area (Å²) in [5.74, 6) is -5.54. The molecule has 10 nitrogen and oxygen atoms in total. The van der Waals surface area contributed by atoms with Gasteiger partial charge in [-0.1, -0.05) is 32.9 Å². The Balaban J connectivity index is 1.44. The van der Waals surface area contributed by atoms with Crippen LogP contribution in [0.25, 0.3) is 11.1 Å². The maximum Gasteiger partial charge on any atom is 0.416 e. The summed E-state index contributed by atoms with van der Waals surface area (Å²) in [6.07, 6.45) is -1.55. The highest BCUT2D eigenvalue weighted by Crippen LogP contribution is 2.39. The van der Waals surface area contributed by atoms with Crippen LogP contribution in [0.5, 0.6) is 5.75 Å². The summed E-state index contributed by atoms with van der Waals surface area (Å²) < 4.78 is 82.8. The molecule has 1 aromatic heterocycles. The highest BCUT2D eigenvalue weighted by molar-refractivity contribution is 7.98. The number of benzene rings is 2. The van der Waals surface area contributed by atoms with Crippen LogP contribution in [0.15, 0.2) is 65.0 Å². The Morgan fingerprint density at radius 2 is 1.79 bits per heavy atom. The summed E-state index contributed by atoms with van der Waals surface area (Å²) in [4.78, 5) is 34.2. The van der Waals surface area contributed by atoms with Gasteiger partial charge in [0.05, 0.1) is 36.4 Å². The van der Waals surface area contributed by atoms with E-state index in [1.807, 2.05) is 0 Å². The number of nitrogens with one attached hydrogen (secondary N) is 1. The number of hydrogen-bond acceptors (Lipinski definition) is 9. The quantitative estimate of drug-likeness (QED) is 0.136. The molecule has 0 spiro atoms. The topological polar surface area (TPSA) is 107 Å². The number of nitrogens with zero attached hydrogens (tertiary/aromatic N) is 4. The molecule has 52 heavy (non-hydrogen) atoms. The summed E-state index contributed by atoms with van der Waals surface area (Å²) >= 11 is 1.33. The van der Waals surface area contributed by atoms with Gasteiger partial charge in [-0.2, -0.15) is 17.6 Å². The molecule has 1 saturated heterocycles. The number of ether oxygens (including phenoxy) is 2. The van der Waals surface area contributed by atoms with Gasteiger partial charge in [-0.05, 0) is 42.0 Å². The van der Waals surface area contributed by atoms with E-state index in [4.69, 9.17) is 9.47 Å². The minimum atomic E-state index is -4.70. The van der Waals surface area contributed by atoms with E-state index in [9.17, 15) is 27.9 Å². The smallest absolute Gasteiger partial charge is 0.416 e. The molecule has 2 N–H and O–H groups in total. The zero-order chi connectivity index (χ0) is 38.0. The van der Waals surface area contributed by atoms with E-state index in [2.05, 4.69) is 15.2 Å². The van der Waals surface area contributed by atoms with E-state index in [1.54, 1.807) is 39.2 Å². The van der Waals surface area contributed by atoms with Crippen LogP contribution in [0.2, 0.25) is 0 Å². The Morgan fingerprint density at radius 1 is 1.08 bits per heavy atom. The van der Waals surface area contributed by atoms with Crippen molar-refractivity contribution in [2.24, 2.45) is 5.41 Å². The normalized spacial score (nSPS) is 17.8. The number of carbonyl (C=O) groups excluding carboxylic acids is 2. The van der Waals surface area contributed by atoms with Crippen molar-refractivity contribution in [2.45, 2.75) is 44.6 Å². The molecule has 3 heterocycles. The predicted molar refractivity (Wildman–Crippen MR) is 185 cm³/mol. The molecule has 16 heteroatoms. The molecule has 1 unspecified atom stereocenters. The van der Waals surface area contributed by atoms with E-state index >= 15 is 8.78 Å². The van der Waals surface area contributed by atoms with Gasteiger partial charge in [0.2, 0.25) is 5.82 Å². The lowest BCUT2D eigenvalue weighted by Gasteiger charge is -2.46. The first-order valence-corrected chi connectivity index (χ1v) is 17.6. The molecule has 0 saturated carbocycles. The molecular weight excluding hydrogens is 709 g/mol. The summed E-state index contributed by atoms with van der Waals surface area (Å²) in [5.41, 5.74) is -2.57. The molecule has 0 bridgehead atoms. The van der Waals surface area contributed by atoms with Crippen LogP contribution in [-0.4, -0.2) is 95.6 Å². The third kappa shape index (κ3) is 8.51. The average molecular weight is 750 g/mol. The number of aromatic nitrogens is 1. The minimum Gasteiger partial charge on any atom is -0.509 e. The number of morpholine rings is 1. The number of halogens is 5. The molecule has 1 atom stereocenters. The second-order valence-corrected chi connectivity index (χ2v) is 14.2. The van der Waals surface area contributed by atoms with Crippen LogP contribution in [0, 0.1) is 17.0 Å². The number of aliphatic hydroxyl groups is 1. The number of rotatable bonds is 10. The van der Waals surface area contributed by atoms with Gasteiger partial charge in [-0.15, -0.1) is 11.8 Å². The summed E-state index contributed by atoms with van der Waals surface area (Å²) in [5, 5.41) is 16.9. The minimum absolute atomic E-state index is 0.0298. The Labute approximate surface area is 302 Å². The maximum atomic E-state index is 15.5. The lowest BCUT2D eigenvalue weighted by molar-refractivity contribution is -0.158. The van der Waals surface area contributed by atoms with Gasteiger partial charge in [0.25, 0.3) is 11.8 Å². The van der Waals surface area contributed by atoms with Crippen molar-refractivity contribution in [1.82, 2.24) is 19.9 Å². The monoisotopic (exact) mass is 749 g/mol. The molecule has 2 aromatic carbocycles. The van der Waals surface area contributed by atoms with Crippen LogP contribution in [0.1, 0.15) is 31.9 Å². The highest BCUT2D eigenvalue weighted by Gasteiger charge is 2.46. The summed E-state index contributed by atoms with van der Waals surface area (Å²) in [7, 11) is 1.47. The Kier molecular flexibility index (Phi) is 11.8. The number of thioether (sulfide) groups is 1. The standard InChI is InChI=1S/C36H40F5N5O5S/c1-35(2,3)32-31(47)28(33(48)43-25-9-8-23(36(39,40)41)18-24(25)21-7-11-27(52-5)42-19-21)34(49)46(44(32)4)20-22-6-10-26(30(38)29(22)37)51-17-14-45-12-15-50-16-13-45/h6-11,18-19,32,47H,12-17,20H2,1-5H3,(H,43,48). The molecule has 2 aliphatic heterocycles. The van der Waals surface area contributed by atoms with Gasteiger partial charge in [-0.25, -0.2) is 14.4 Å². The van der Waals surface area contributed by atoms with Crippen molar-refractivity contribution in [3.8, 4) is 16.9 Å². The van der Waals surface area contributed by atoms with E-state index in [-0.39, 0.29) is 34.7 Å². The Bertz CT molecular complexity index is 1830. The molecule has 3 aromatic rings. The van der Waals surface area contributed by atoms with Crippen molar-refractivity contribution in [1.29, 1.82) is 0 Å². The number of amides is 2. The van der Waals surface area contributed by atoms with Crippen molar-refractivity contribution >= 4 is 29.3 Å². The van der Waals surface area contributed by atoms with E-state index in [0.717, 1.165) is 23.2 Å². The lowest BCUT2D eigenvalue weighted by Crippen LogP contribution is -2.59. The number of likely N-dealkylation sites (N-methyl/N-ethyl adjacent to an activating group) is 1. The van der Waals surface area contributed by atoms with Crippen LogP contribution in [0.4, 0.5) is 27.6 Å². The fraction of sp³-hybridized carbons (Fsp3) is 0.417. The van der Waals surface area contributed by atoms with Crippen molar-refractivity contribution < 1.29 is 46.1 Å². The molecule has 1 fully saturated rings. The molecular formula is C36H40F5N5O5S. The van der Waals surface area contributed by atoms with Gasteiger partial charge in [-0.3, -0.25) is 19.5 Å². The number of aliphatic hydroxyl groups excluding tert-OH is 1. The third-order valence-electron chi connectivity index (χ3n) is 8.83. The van der Waals surface area contributed by atoms with Gasteiger partial charge >= 0.3 is 6.18 Å². The molecule has 0 radical (unpaired) electrons. The molecule has 2 amide bonds. The van der Waals surface area contributed by atoms with E-state index in [0.29, 0.717) is 37.9 Å². The van der Waals surface area contributed by atoms with Gasteiger partial charge in [0, 0.05) is 55.3 Å². The SMILES string of the molecule is CSc1ccc(-c2cc(C(F)(F)F)ccc2NC(=O)C2=C(O)C(C(C)(C)C)N(C)N(Cc3ccc(OCCN4CCOCC4)c(F)c3F)C2=O)cn1. The number of hydrazine groups is 1. The average Bonchev–Trinajstić information content (AvgIpc) is 3.09. The predicted octanol–water partition coefficient (Wildman–Crippen LogP) is 6.53. The lowest BCUT2D eigenvalue weighted by atomic mass is 9.82. The Morgan fingerprint density at radius 3 is 2.40 bits per heavy atom. The number of alkyl halides is 3. The van der Waals surface area contributed by atoms with Crippen molar-refractivity contribution in [2.75, 3.05) is 58.1 Å². The highest BCUT2D eigenvalue weighted by atomic mass is 32.2. The number of pyridine rings is 1. The van der Waals surface area contributed by atoms with Crippen LogP contribution >= 0.6 is 11.8 Å². The van der Waals surface area contributed by atoms with Gasteiger partial charge in [0.15, 0.2) is 11.6 Å². The molecule has 280 valence electrons. The van der Waals surface area contributed by atoms with Gasteiger partial charge < -0.3 is 19.9 Å². The summed E-state index contributed by atoms with van der Waals surface area (Å²) in [6.45, 7) is 7.87. The van der Waals surface area contributed by atoms with Crippen LogP contribution in [0.3, 0.4) is 0 Å². The first-order valence-electron chi connectivity index (χ1n) is 16.4. The fourth-order valence-corrected chi connectivity index (χ4v) is 6.55. The van der Waals surface area contributed by atoms with Crippen molar-refractivity contribution in [3.05, 3.63) is 82.8 Å². The fourth-order valence-electron chi connectivity index (χ4n) is 6.19. The largest absolute Gasteiger partial charge is 0.509 e. The number of anilines is 1.